The zero-order valence-corrected chi connectivity index (χ0v) is 16.4. The molecule has 5 rings (SSSR count). The second kappa shape index (κ2) is 7.48. The Morgan fingerprint density at radius 1 is 1.07 bits per heavy atom. The van der Waals surface area contributed by atoms with Crippen LogP contribution in [0.3, 0.4) is 0 Å². The summed E-state index contributed by atoms with van der Waals surface area (Å²) in [6.07, 6.45) is 3.77. The van der Waals surface area contributed by atoms with Crippen LogP contribution in [0.2, 0.25) is 0 Å². The van der Waals surface area contributed by atoms with Crippen LogP contribution in [0, 0.1) is 0 Å². The summed E-state index contributed by atoms with van der Waals surface area (Å²) in [5.74, 6) is 1.27. The molecule has 3 heterocycles. The Morgan fingerprint density at radius 2 is 1.83 bits per heavy atom. The maximum Gasteiger partial charge on any atom is 0.274 e. The highest BCUT2D eigenvalue weighted by Gasteiger charge is 2.34. The number of furan rings is 1. The van der Waals surface area contributed by atoms with E-state index in [1.54, 1.807) is 36.6 Å². The molecule has 0 spiro atoms. The molecule has 1 unspecified atom stereocenters. The van der Waals surface area contributed by atoms with E-state index in [0.717, 1.165) is 28.0 Å². The number of hydrogen-bond acceptors (Lipinski definition) is 5. The van der Waals surface area contributed by atoms with Gasteiger partial charge in [-0.15, -0.1) is 0 Å². The number of amides is 1. The Kier molecular flexibility index (Phi) is 4.52. The van der Waals surface area contributed by atoms with E-state index in [9.17, 15) is 4.79 Å². The highest BCUT2D eigenvalue weighted by Crippen LogP contribution is 2.35. The maximum atomic E-state index is 13.2. The van der Waals surface area contributed by atoms with Crippen molar-refractivity contribution in [1.29, 1.82) is 0 Å². The van der Waals surface area contributed by atoms with E-state index in [2.05, 4.69) is 10.1 Å². The van der Waals surface area contributed by atoms with Crippen molar-refractivity contribution in [2.45, 2.75) is 12.5 Å². The number of fused-ring (bicyclic) bond motifs is 1. The first-order chi connectivity index (χ1) is 14.7. The SMILES string of the molecule is COc1ccc(C2CC(c3cc4ccccc4o3)=NN2C(=O)c2ccncc2)cc1. The van der Waals surface area contributed by atoms with E-state index >= 15 is 0 Å². The summed E-state index contributed by atoms with van der Waals surface area (Å²) < 4.78 is 11.3. The molecule has 1 aliphatic heterocycles. The van der Waals surface area contributed by atoms with Crippen molar-refractivity contribution in [2.75, 3.05) is 7.11 Å². The molecule has 2 aromatic heterocycles. The molecule has 1 amide bonds. The minimum atomic E-state index is -0.236. The first-order valence-corrected chi connectivity index (χ1v) is 9.67. The van der Waals surface area contributed by atoms with Crippen LogP contribution in [0.1, 0.15) is 34.1 Å². The molecule has 6 nitrogen and oxygen atoms in total. The lowest BCUT2D eigenvalue weighted by Crippen LogP contribution is -2.27. The topological polar surface area (TPSA) is 67.9 Å². The van der Waals surface area contributed by atoms with Crippen LogP contribution in [0.15, 0.2) is 88.6 Å². The normalized spacial score (nSPS) is 16.0. The van der Waals surface area contributed by atoms with Crippen molar-refractivity contribution in [3.8, 4) is 5.75 Å². The molecular formula is C24H19N3O3. The number of aromatic nitrogens is 1. The number of pyridine rings is 1. The second-order valence-corrected chi connectivity index (χ2v) is 7.07. The number of nitrogens with zero attached hydrogens (tertiary/aromatic N) is 3. The summed E-state index contributed by atoms with van der Waals surface area (Å²) in [7, 11) is 1.63. The minimum Gasteiger partial charge on any atom is -0.497 e. The smallest absolute Gasteiger partial charge is 0.274 e. The fourth-order valence-electron chi connectivity index (χ4n) is 3.68. The average molecular weight is 397 g/mol. The van der Waals surface area contributed by atoms with Gasteiger partial charge in [-0.05, 0) is 42.0 Å². The van der Waals surface area contributed by atoms with Crippen LogP contribution in [-0.2, 0) is 0 Å². The number of rotatable bonds is 4. The van der Waals surface area contributed by atoms with Gasteiger partial charge in [0.05, 0.1) is 13.2 Å². The molecule has 0 bridgehead atoms. The first-order valence-electron chi connectivity index (χ1n) is 9.67. The zero-order valence-electron chi connectivity index (χ0n) is 16.4. The predicted molar refractivity (Wildman–Crippen MR) is 114 cm³/mol. The number of carbonyl (C=O) groups excluding carboxylic acids is 1. The maximum absolute atomic E-state index is 13.2. The van der Waals surface area contributed by atoms with Gasteiger partial charge in [-0.25, -0.2) is 5.01 Å². The summed E-state index contributed by atoms with van der Waals surface area (Å²) in [5, 5.41) is 7.24. The van der Waals surface area contributed by atoms with E-state index in [0.29, 0.717) is 17.7 Å². The minimum absolute atomic E-state index is 0.177. The zero-order chi connectivity index (χ0) is 20.5. The van der Waals surface area contributed by atoms with Crippen molar-refractivity contribution >= 4 is 22.6 Å². The van der Waals surface area contributed by atoms with E-state index in [-0.39, 0.29) is 11.9 Å². The quantitative estimate of drug-likeness (QED) is 0.495. The van der Waals surface area contributed by atoms with Crippen LogP contribution in [0.4, 0.5) is 0 Å². The van der Waals surface area contributed by atoms with Crippen molar-refractivity contribution in [2.24, 2.45) is 5.10 Å². The third kappa shape index (κ3) is 3.22. The molecule has 0 saturated heterocycles. The van der Waals surface area contributed by atoms with E-state index in [4.69, 9.17) is 9.15 Å². The molecule has 1 atom stereocenters. The third-order valence-corrected chi connectivity index (χ3v) is 5.26. The van der Waals surface area contributed by atoms with Gasteiger partial charge in [-0.3, -0.25) is 9.78 Å². The molecule has 0 radical (unpaired) electrons. The van der Waals surface area contributed by atoms with Crippen LogP contribution < -0.4 is 4.74 Å². The fourth-order valence-corrected chi connectivity index (χ4v) is 3.68. The Morgan fingerprint density at radius 3 is 2.57 bits per heavy atom. The summed E-state index contributed by atoms with van der Waals surface area (Å²) in [5.41, 5.74) is 3.07. The molecule has 0 fully saturated rings. The molecule has 148 valence electrons. The number of hydrogen-bond donors (Lipinski definition) is 0. The van der Waals surface area contributed by atoms with E-state index in [1.165, 1.54) is 0 Å². The molecule has 0 saturated carbocycles. The summed E-state index contributed by atoms with van der Waals surface area (Å²) in [4.78, 5) is 17.2. The van der Waals surface area contributed by atoms with Gasteiger partial charge < -0.3 is 9.15 Å². The average Bonchev–Trinajstić information content (AvgIpc) is 3.44. The molecule has 2 aromatic carbocycles. The number of para-hydroxylation sites is 1. The Hall–Kier alpha value is -3.93. The highest BCUT2D eigenvalue weighted by atomic mass is 16.5. The van der Waals surface area contributed by atoms with E-state index < -0.39 is 0 Å². The van der Waals surface area contributed by atoms with Crippen molar-refractivity contribution < 1.29 is 13.9 Å². The van der Waals surface area contributed by atoms with Gasteiger partial charge in [0.15, 0.2) is 5.76 Å². The van der Waals surface area contributed by atoms with Crippen LogP contribution >= 0.6 is 0 Å². The van der Waals surface area contributed by atoms with Gasteiger partial charge in [0.1, 0.15) is 17.0 Å². The van der Waals surface area contributed by atoms with Gasteiger partial charge >= 0.3 is 0 Å². The summed E-state index contributed by atoms with van der Waals surface area (Å²) in [6.45, 7) is 0. The molecule has 4 aromatic rings. The molecule has 0 N–H and O–H groups in total. The number of methoxy groups -OCH3 is 1. The largest absolute Gasteiger partial charge is 0.497 e. The monoisotopic (exact) mass is 397 g/mol. The van der Waals surface area contributed by atoms with Gasteiger partial charge in [-0.2, -0.15) is 5.10 Å². The lowest BCUT2D eigenvalue weighted by Gasteiger charge is -2.22. The molecule has 6 heteroatoms. The lowest BCUT2D eigenvalue weighted by atomic mass is 10.00. The Bertz CT molecular complexity index is 1200. The van der Waals surface area contributed by atoms with Gasteiger partial charge in [0.2, 0.25) is 0 Å². The number of ether oxygens (including phenoxy) is 1. The Labute approximate surface area is 173 Å². The molecule has 30 heavy (non-hydrogen) atoms. The lowest BCUT2D eigenvalue weighted by molar-refractivity contribution is 0.0711. The summed E-state index contributed by atoms with van der Waals surface area (Å²) >= 11 is 0. The van der Waals surface area contributed by atoms with Gasteiger partial charge in [0, 0.05) is 29.8 Å². The predicted octanol–water partition coefficient (Wildman–Crippen LogP) is 4.83. The van der Waals surface area contributed by atoms with Crippen molar-refractivity contribution in [3.63, 3.8) is 0 Å². The molecule has 0 aliphatic carbocycles. The second-order valence-electron chi connectivity index (χ2n) is 7.07. The Balaban J connectivity index is 1.54. The standard InChI is InChI=1S/C24H19N3O3/c1-29-19-8-6-16(7-9-19)21-15-20(23-14-18-4-2-3-5-22(18)30-23)26-27(21)24(28)17-10-12-25-13-11-17/h2-14,21H,15H2,1H3. The summed E-state index contributed by atoms with van der Waals surface area (Å²) in [6, 6.07) is 20.7. The number of hydrazone groups is 1. The van der Waals surface area contributed by atoms with Crippen LogP contribution in [-0.4, -0.2) is 28.7 Å². The van der Waals surface area contributed by atoms with Gasteiger partial charge in [-0.1, -0.05) is 30.3 Å². The molecule has 1 aliphatic rings. The highest BCUT2D eigenvalue weighted by molar-refractivity contribution is 6.05. The molecular weight excluding hydrogens is 378 g/mol. The first kappa shape index (κ1) is 18.1. The van der Waals surface area contributed by atoms with Crippen LogP contribution in [0.5, 0.6) is 5.75 Å². The van der Waals surface area contributed by atoms with Crippen LogP contribution in [0.25, 0.3) is 11.0 Å². The van der Waals surface area contributed by atoms with Crippen molar-refractivity contribution in [3.05, 3.63) is 96.0 Å². The third-order valence-electron chi connectivity index (χ3n) is 5.26. The van der Waals surface area contributed by atoms with Crippen molar-refractivity contribution in [1.82, 2.24) is 9.99 Å². The number of carbonyl (C=O) groups is 1. The van der Waals surface area contributed by atoms with Gasteiger partial charge in [0.25, 0.3) is 5.91 Å². The van der Waals surface area contributed by atoms with E-state index in [1.807, 2.05) is 54.6 Å². The fraction of sp³-hybridized carbons (Fsp3) is 0.125. The number of benzene rings is 2.